The van der Waals surface area contributed by atoms with Crippen molar-refractivity contribution in [1.82, 2.24) is 30.1 Å². The Morgan fingerprint density at radius 2 is 2.17 bits per heavy atom. The number of pyridine rings is 1. The zero-order chi connectivity index (χ0) is 16.1. The molecule has 1 N–H and O–H groups in total. The highest BCUT2D eigenvalue weighted by Crippen LogP contribution is 2.39. The van der Waals surface area contributed by atoms with E-state index in [-0.39, 0.29) is 11.8 Å². The number of hydrogen-bond donors (Lipinski definition) is 1. The van der Waals surface area contributed by atoms with E-state index >= 15 is 0 Å². The third kappa shape index (κ3) is 2.34. The van der Waals surface area contributed by atoms with E-state index < -0.39 is 0 Å². The highest BCUT2D eigenvalue weighted by Gasteiger charge is 2.30. The van der Waals surface area contributed by atoms with E-state index in [0.717, 1.165) is 37.1 Å². The summed E-state index contributed by atoms with van der Waals surface area (Å²) in [5.74, 6) is 2.62. The van der Waals surface area contributed by atoms with Gasteiger partial charge in [-0.3, -0.25) is 9.20 Å². The van der Waals surface area contributed by atoms with E-state index in [4.69, 9.17) is 4.52 Å². The van der Waals surface area contributed by atoms with Crippen LogP contribution in [-0.4, -0.2) is 30.6 Å². The van der Waals surface area contributed by atoms with Crippen LogP contribution in [0.1, 0.15) is 43.3 Å². The van der Waals surface area contributed by atoms with Gasteiger partial charge in [-0.2, -0.15) is 4.98 Å². The number of hydrogen-bond acceptors (Lipinski definition) is 6. The number of carbonyl (C=O) groups excluding carboxylic acids is 1. The average Bonchev–Trinajstić information content (AvgIpc) is 3.53. The van der Waals surface area contributed by atoms with Gasteiger partial charge in [-0.15, -0.1) is 10.2 Å². The first kappa shape index (κ1) is 13.6. The highest BCUT2D eigenvalue weighted by molar-refractivity contribution is 5.80. The zero-order valence-corrected chi connectivity index (χ0v) is 13.0. The predicted molar refractivity (Wildman–Crippen MR) is 82.8 cm³/mol. The number of aromatic nitrogens is 5. The van der Waals surface area contributed by atoms with E-state index in [9.17, 15) is 4.79 Å². The summed E-state index contributed by atoms with van der Waals surface area (Å²) in [5.41, 5.74) is 1.41. The number of nitrogens with zero attached hydrogens (tertiary/aromatic N) is 5. The normalized spacial score (nSPS) is 17.3. The first-order valence-electron chi connectivity index (χ1n) is 8.24. The van der Waals surface area contributed by atoms with Crippen molar-refractivity contribution in [3.05, 3.63) is 30.0 Å². The molecule has 0 aliphatic heterocycles. The van der Waals surface area contributed by atoms with Crippen LogP contribution >= 0.6 is 0 Å². The van der Waals surface area contributed by atoms with E-state index in [1.807, 2.05) is 22.7 Å². The Kier molecular flexibility index (Phi) is 2.91. The first-order chi connectivity index (χ1) is 11.8. The molecule has 0 saturated heterocycles. The molecule has 8 nitrogen and oxygen atoms in total. The standard InChI is InChI=1S/C16H16N6O2/c23-15(10-5-6-10)17-8-12-19-20-14-11(2-1-7-22(12)14)16-18-13(21-24-16)9-3-4-9/h1-2,7,9-10H,3-6,8H2,(H,17,23). The Bertz CT molecular complexity index is 922. The number of fused-ring (bicyclic) bond motifs is 1. The Labute approximate surface area is 137 Å². The van der Waals surface area contributed by atoms with Crippen LogP contribution in [0.5, 0.6) is 0 Å². The topological polar surface area (TPSA) is 98.2 Å². The van der Waals surface area contributed by atoms with Crippen molar-refractivity contribution >= 4 is 11.6 Å². The molecule has 24 heavy (non-hydrogen) atoms. The van der Waals surface area contributed by atoms with Crippen molar-refractivity contribution in [3.63, 3.8) is 0 Å². The molecule has 1 amide bonds. The summed E-state index contributed by atoms with van der Waals surface area (Å²) in [7, 11) is 0. The smallest absolute Gasteiger partial charge is 0.261 e. The largest absolute Gasteiger partial charge is 0.349 e. The van der Waals surface area contributed by atoms with Gasteiger partial charge in [0.25, 0.3) is 5.89 Å². The molecule has 0 atom stereocenters. The molecule has 3 aromatic heterocycles. The molecule has 2 aliphatic rings. The van der Waals surface area contributed by atoms with Gasteiger partial charge >= 0.3 is 0 Å². The third-order valence-electron chi connectivity index (χ3n) is 4.49. The van der Waals surface area contributed by atoms with E-state index in [1.165, 1.54) is 0 Å². The van der Waals surface area contributed by atoms with E-state index in [0.29, 0.717) is 29.8 Å². The van der Waals surface area contributed by atoms with Crippen molar-refractivity contribution in [3.8, 4) is 11.5 Å². The van der Waals surface area contributed by atoms with Gasteiger partial charge in [0.15, 0.2) is 17.3 Å². The van der Waals surface area contributed by atoms with Gasteiger partial charge in [-0.05, 0) is 37.8 Å². The minimum atomic E-state index is 0.0916. The molecule has 5 rings (SSSR count). The van der Waals surface area contributed by atoms with Gasteiger partial charge in [0.1, 0.15) is 0 Å². The van der Waals surface area contributed by atoms with Crippen LogP contribution < -0.4 is 5.32 Å². The van der Waals surface area contributed by atoms with Gasteiger partial charge in [-0.25, -0.2) is 0 Å². The Balaban J connectivity index is 1.45. The number of rotatable bonds is 5. The SMILES string of the molecule is O=C(NCc1nnc2c(-c3nc(C4CC4)no3)cccn12)C1CC1. The van der Waals surface area contributed by atoms with Crippen LogP contribution in [0.15, 0.2) is 22.9 Å². The second-order valence-electron chi connectivity index (χ2n) is 6.46. The summed E-state index contributed by atoms with van der Waals surface area (Å²) in [6.07, 6.45) is 6.08. The number of nitrogens with one attached hydrogen (secondary N) is 1. The number of carbonyl (C=O) groups is 1. The van der Waals surface area contributed by atoms with Crippen LogP contribution in [0.3, 0.4) is 0 Å². The van der Waals surface area contributed by atoms with Crippen LogP contribution in [0.25, 0.3) is 17.1 Å². The van der Waals surface area contributed by atoms with Crippen LogP contribution in [0.4, 0.5) is 0 Å². The Hall–Kier alpha value is -2.77. The molecular formula is C16H16N6O2. The lowest BCUT2D eigenvalue weighted by atomic mass is 10.2. The summed E-state index contributed by atoms with van der Waals surface area (Å²) in [6, 6.07) is 3.78. The second-order valence-corrected chi connectivity index (χ2v) is 6.46. The van der Waals surface area contributed by atoms with Gasteiger partial charge in [0, 0.05) is 18.0 Å². The lowest BCUT2D eigenvalue weighted by molar-refractivity contribution is -0.122. The quantitative estimate of drug-likeness (QED) is 0.767. The maximum atomic E-state index is 11.8. The average molecular weight is 324 g/mol. The van der Waals surface area contributed by atoms with Crippen LogP contribution in [0.2, 0.25) is 0 Å². The summed E-state index contributed by atoms with van der Waals surface area (Å²) in [5, 5.41) is 15.4. The van der Waals surface area contributed by atoms with Gasteiger partial charge in [0.05, 0.1) is 12.1 Å². The Morgan fingerprint density at radius 3 is 2.96 bits per heavy atom. The summed E-state index contributed by atoms with van der Waals surface area (Å²) in [6.45, 7) is 0.358. The third-order valence-corrected chi connectivity index (χ3v) is 4.49. The number of amides is 1. The van der Waals surface area contributed by atoms with Crippen molar-refractivity contribution in [2.45, 2.75) is 38.1 Å². The van der Waals surface area contributed by atoms with Gasteiger partial charge in [0.2, 0.25) is 5.91 Å². The summed E-state index contributed by atoms with van der Waals surface area (Å²) in [4.78, 5) is 16.3. The van der Waals surface area contributed by atoms with Gasteiger partial charge in [-0.1, -0.05) is 5.16 Å². The summed E-state index contributed by atoms with van der Waals surface area (Å²) >= 11 is 0. The molecule has 122 valence electrons. The van der Waals surface area contributed by atoms with Crippen molar-refractivity contribution in [2.75, 3.05) is 0 Å². The zero-order valence-electron chi connectivity index (χ0n) is 13.0. The second kappa shape index (κ2) is 5.12. The molecule has 2 aliphatic carbocycles. The van der Waals surface area contributed by atoms with Crippen molar-refractivity contribution in [1.29, 1.82) is 0 Å². The molecule has 0 aromatic carbocycles. The molecule has 2 saturated carbocycles. The van der Waals surface area contributed by atoms with E-state index in [1.54, 1.807) is 0 Å². The molecule has 3 heterocycles. The fourth-order valence-electron chi connectivity index (χ4n) is 2.76. The summed E-state index contributed by atoms with van der Waals surface area (Å²) < 4.78 is 7.25. The van der Waals surface area contributed by atoms with E-state index in [2.05, 4.69) is 25.7 Å². The van der Waals surface area contributed by atoms with Crippen molar-refractivity contribution < 1.29 is 9.32 Å². The fourth-order valence-corrected chi connectivity index (χ4v) is 2.76. The monoisotopic (exact) mass is 324 g/mol. The molecule has 0 bridgehead atoms. The molecule has 0 radical (unpaired) electrons. The molecular weight excluding hydrogens is 308 g/mol. The lowest BCUT2D eigenvalue weighted by Gasteiger charge is -2.03. The first-order valence-corrected chi connectivity index (χ1v) is 8.24. The lowest BCUT2D eigenvalue weighted by Crippen LogP contribution is -2.25. The maximum Gasteiger partial charge on any atom is 0.261 e. The van der Waals surface area contributed by atoms with Crippen molar-refractivity contribution in [2.24, 2.45) is 5.92 Å². The Morgan fingerprint density at radius 1 is 1.29 bits per heavy atom. The maximum absolute atomic E-state index is 11.8. The van der Waals surface area contributed by atoms with Gasteiger partial charge < -0.3 is 9.84 Å². The van der Waals surface area contributed by atoms with Crippen LogP contribution in [-0.2, 0) is 11.3 Å². The van der Waals surface area contributed by atoms with Crippen LogP contribution in [0, 0.1) is 5.92 Å². The minimum absolute atomic E-state index is 0.0916. The fraction of sp³-hybridized carbons (Fsp3) is 0.438. The molecule has 0 unspecified atom stereocenters. The predicted octanol–water partition coefficient (Wildman–Crippen LogP) is 1.68. The molecule has 0 spiro atoms. The highest BCUT2D eigenvalue weighted by atomic mass is 16.5. The molecule has 8 heteroatoms. The molecule has 3 aromatic rings. The minimum Gasteiger partial charge on any atom is -0.349 e. The molecule has 2 fully saturated rings.